The van der Waals surface area contributed by atoms with Crippen LogP contribution >= 0.6 is 11.8 Å². The van der Waals surface area contributed by atoms with Gasteiger partial charge in [0.15, 0.2) is 5.16 Å². The summed E-state index contributed by atoms with van der Waals surface area (Å²) in [5, 5.41) is 4.27. The Morgan fingerprint density at radius 2 is 1.80 bits per heavy atom. The first-order chi connectivity index (χ1) is 14.5. The van der Waals surface area contributed by atoms with Crippen molar-refractivity contribution >= 4 is 28.6 Å². The summed E-state index contributed by atoms with van der Waals surface area (Å²) in [5.41, 5.74) is 1.89. The van der Waals surface area contributed by atoms with Gasteiger partial charge in [-0.1, -0.05) is 61.2 Å². The molecule has 2 aromatic carbocycles. The maximum absolute atomic E-state index is 13.0. The van der Waals surface area contributed by atoms with E-state index in [1.807, 2.05) is 57.2 Å². The Morgan fingerprint density at radius 3 is 2.53 bits per heavy atom. The van der Waals surface area contributed by atoms with Gasteiger partial charge in [0.05, 0.1) is 16.7 Å². The molecule has 0 saturated carbocycles. The zero-order valence-corrected chi connectivity index (χ0v) is 18.6. The topological polar surface area (TPSA) is 64.0 Å². The van der Waals surface area contributed by atoms with E-state index in [0.717, 1.165) is 19.3 Å². The molecule has 1 heterocycles. The van der Waals surface area contributed by atoms with E-state index < -0.39 is 0 Å². The largest absolute Gasteiger partial charge is 0.353 e. The van der Waals surface area contributed by atoms with Crippen molar-refractivity contribution in [2.75, 3.05) is 5.75 Å². The number of amides is 1. The van der Waals surface area contributed by atoms with Crippen LogP contribution in [0.2, 0.25) is 0 Å². The van der Waals surface area contributed by atoms with Crippen LogP contribution in [-0.4, -0.2) is 27.3 Å². The van der Waals surface area contributed by atoms with Gasteiger partial charge in [0, 0.05) is 12.1 Å². The van der Waals surface area contributed by atoms with E-state index in [2.05, 4.69) is 22.4 Å². The van der Waals surface area contributed by atoms with Crippen LogP contribution in [-0.2, 0) is 11.2 Å². The predicted molar refractivity (Wildman–Crippen MR) is 124 cm³/mol. The van der Waals surface area contributed by atoms with Crippen LogP contribution in [0.25, 0.3) is 10.9 Å². The summed E-state index contributed by atoms with van der Waals surface area (Å²) in [6.45, 7) is 6.07. The zero-order chi connectivity index (χ0) is 21.5. The molecule has 1 N–H and O–H groups in total. The molecule has 0 aliphatic rings. The van der Waals surface area contributed by atoms with Crippen molar-refractivity contribution in [3.8, 4) is 0 Å². The van der Waals surface area contributed by atoms with Gasteiger partial charge >= 0.3 is 0 Å². The Morgan fingerprint density at radius 1 is 1.10 bits per heavy atom. The third-order valence-electron chi connectivity index (χ3n) is 5.26. The summed E-state index contributed by atoms with van der Waals surface area (Å²) in [5.74, 6) is 0.190. The smallest absolute Gasteiger partial charge is 0.262 e. The molecule has 0 spiro atoms. The van der Waals surface area contributed by atoms with Gasteiger partial charge < -0.3 is 5.32 Å². The molecule has 0 unspecified atom stereocenters. The molecule has 30 heavy (non-hydrogen) atoms. The third kappa shape index (κ3) is 5.51. The van der Waals surface area contributed by atoms with Crippen molar-refractivity contribution in [3.05, 3.63) is 70.5 Å². The second kappa shape index (κ2) is 10.4. The molecular formula is C24H29N3O2S. The zero-order valence-electron chi connectivity index (χ0n) is 17.8. The number of rotatable bonds is 9. The number of fused-ring (bicyclic) bond motifs is 1. The fourth-order valence-electron chi connectivity index (χ4n) is 3.35. The van der Waals surface area contributed by atoms with Gasteiger partial charge in [0.1, 0.15) is 0 Å². The average molecular weight is 424 g/mol. The van der Waals surface area contributed by atoms with Crippen LogP contribution in [0.1, 0.15) is 45.2 Å². The minimum absolute atomic E-state index is 0.0185. The molecule has 6 heteroatoms. The van der Waals surface area contributed by atoms with Gasteiger partial charge in [-0.05, 0) is 50.8 Å². The number of carbonyl (C=O) groups excluding carboxylic acids is 1. The molecule has 158 valence electrons. The predicted octanol–water partition coefficient (Wildman–Crippen LogP) is 4.60. The summed E-state index contributed by atoms with van der Waals surface area (Å²) in [7, 11) is 0. The van der Waals surface area contributed by atoms with Crippen LogP contribution in [0, 0.1) is 0 Å². The van der Waals surface area contributed by atoms with Gasteiger partial charge in [0.25, 0.3) is 5.56 Å². The van der Waals surface area contributed by atoms with Gasteiger partial charge in [-0.3, -0.25) is 14.2 Å². The van der Waals surface area contributed by atoms with Crippen molar-refractivity contribution in [1.82, 2.24) is 14.9 Å². The molecule has 1 amide bonds. The Bertz CT molecular complexity index is 1050. The Kier molecular flexibility index (Phi) is 7.69. The van der Waals surface area contributed by atoms with Crippen molar-refractivity contribution in [2.45, 2.75) is 57.3 Å². The van der Waals surface area contributed by atoms with E-state index >= 15 is 0 Å². The lowest BCUT2D eigenvalue weighted by molar-refractivity contribution is -0.119. The highest BCUT2D eigenvalue weighted by Crippen LogP contribution is 2.22. The summed E-state index contributed by atoms with van der Waals surface area (Å²) < 4.78 is 1.72. The van der Waals surface area contributed by atoms with E-state index in [9.17, 15) is 9.59 Å². The van der Waals surface area contributed by atoms with Gasteiger partial charge in [-0.15, -0.1) is 0 Å². The quantitative estimate of drug-likeness (QED) is 0.404. The van der Waals surface area contributed by atoms with Crippen LogP contribution < -0.4 is 10.9 Å². The highest BCUT2D eigenvalue weighted by atomic mass is 32.2. The molecule has 0 fully saturated rings. The highest BCUT2D eigenvalue weighted by Gasteiger charge is 2.17. The average Bonchev–Trinajstić information content (AvgIpc) is 2.76. The number of nitrogens with one attached hydrogen (secondary N) is 1. The molecule has 2 atom stereocenters. The van der Waals surface area contributed by atoms with Crippen LogP contribution in [0.5, 0.6) is 0 Å². The van der Waals surface area contributed by atoms with E-state index in [1.54, 1.807) is 10.6 Å². The normalized spacial score (nSPS) is 13.2. The number of hydrogen-bond donors (Lipinski definition) is 1. The number of benzene rings is 2. The molecular weight excluding hydrogens is 394 g/mol. The van der Waals surface area contributed by atoms with E-state index in [0.29, 0.717) is 16.1 Å². The van der Waals surface area contributed by atoms with Crippen LogP contribution in [0.15, 0.2) is 64.5 Å². The first-order valence-corrected chi connectivity index (χ1v) is 11.5. The first kappa shape index (κ1) is 22.1. The fraction of sp³-hybridized carbons (Fsp3) is 0.375. The minimum Gasteiger partial charge on any atom is -0.353 e. The lowest BCUT2D eigenvalue weighted by atomic mass is 10.1. The van der Waals surface area contributed by atoms with Crippen LogP contribution in [0.3, 0.4) is 0 Å². The second-order valence-corrected chi connectivity index (χ2v) is 8.57. The minimum atomic E-state index is -0.0471. The molecule has 0 saturated heterocycles. The summed E-state index contributed by atoms with van der Waals surface area (Å²) in [4.78, 5) is 30.2. The molecule has 0 aliphatic heterocycles. The lowest BCUT2D eigenvalue weighted by Crippen LogP contribution is -2.34. The second-order valence-electron chi connectivity index (χ2n) is 7.63. The SMILES string of the molecule is CC[C@H](C)n1c(SCC(=O)N[C@@H](C)CCc2ccccc2)nc2ccccc2c1=O. The van der Waals surface area contributed by atoms with Gasteiger partial charge in [0.2, 0.25) is 5.91 Å². The maximum atomic E-state index is 13.0. The fourth-order valence-corrected chi connectivity index (χ4v) is 4.25. The molecule has 0 bridgehead atoms. The third-order valence-corrected chi connectivity index (χ3v) is 6.21. The standard InChI is InChI=1S/C24H29N3O2S/c1-4-18(3)27-23(29)20-12-8-9-13-21(20)26-24(27)30-16-22(28)25-17(2)14-15-19-10-6-5-7-11-19/h5-13,17-18H,4,14-16H2,1-3H3,(H,25,28)/t17-,18-/m0/s1. The number of thioether (sulfide) groups is 1. The first-order valence-electron chi connectivity index (χ1n) is 10.5. The Hall–Kier alpha value is -2.60. The highest BCUT2D eigenvalue weighted by molar-refractivity contribution is 7.99. The molecule has 3 rings (SSSR count). The monoisotopic (exact) mass is 423 g/mol. The number of aromatic nitrogens is 2. The molecule has 3 aromatic rings. The van der Waals surface area contributed by atoms with E-state index in [-0.39, 0.29) is 29.3 Å². The van der Waals surface area contributed by atoms with Crippen LogP contribution in [0.4, 0.5) is 0 Å². The summed E-state index contributed by atoms with van der Waals surface area (Å²) in [6.07, 6.45) is 2.62. The molecule has 0 radical (unpaired) electrons. The molecule has 1 aromatic heterocycles. The van der Waals surface area contributed by atoms with Crippen molar-refractivity contribution in [2.24, 2.45) is 0 Å². The number of hydrogen-bond acceptors (Lipinski definition) is 4. The Labute approximate surface area is 181 Å². The van der Waals surface area contributed by atoms with E-state index in [4.69, 9.17) is 0 Å². The van der Waals surface area contributed by atoms with Crippen molar-refractivity contribution in [1.29, 1.82) is 0 Å². The van der Waals surface area contributed by atoms with Crippen molar-refractivity contribution < 1.29 is 4.79 Å². The number of aryl methyl sites for hydroxylation is 1. The molecule has 5 nitrogen and oxygen atoms in total. The molecule has 0 aliphatic carbocycles. The number of para-hydroxylation sites is 1. The van der Waals surface area contributed by atoms with Gasteiger partial charge in [-0.25, -0.2) is 4.98 Å². The van der Waals surface area contributed by atoms with Gasteiger partial charge in [-0.2, -0.15) is 0 Å². The summed E-state index contributed by atoms with van der Waals surface area (Å²) >= 11 is 1.32. The van der Waals surface area contributed by atoms with Crippen molar-refractivity contribution in [3.63, 3.8) is 0 Å². The lowest BCUT2D eigenvalue weighted by Gasteiger charge is -2.18. The van der Waals surface area contributed by atoms with E-state index in [1.165, 1.54) is 17.3 Å². The maximum Gasteiger partial charge on any atom is 0.262 e. The number of carbonyl (C=O) groups is 1. The summed E-state index contributed by atoms with van der Waals surface area (Å²) in [6, 6.07) is 17.7. The Balaban J connectivity index is 1.65. The number of nitrogens with zero attached hydrogens (tertiary/aromatic N) is 2.